The second-order valence-electron chi connectivity index (χ2n) is 6.43. The number of nitriles is 1. The third-order valence-corrected chi connectivity index (χ3v) is 4.55. The number of hydrogen-bond acceptors (Lipinski definition) is 4. The topological polar surface area (TPSA) is 65.4 Å². The molecule has 5 nitrogen and oxygen atoms in total. The van der Waals surface area contributed by atoms with Crippen molar-refractivity contribution in [1.82, 2.24) is 10.2 Å². The average molecular weight is 349 g/mol. The number of nitrogens with zero attached hydrogens (tertiary/aromatic N) is 2. The molecule has 0 aromatic heterocycles. The van der Waals surface area contributed by atoms with E-state index in [0.717, 1.165) is 26.1 Å². The number of carbonyl (C=O) groups is 1. The lowest BCUT2D eigenvalue weighted by atomic mass is 10.1. The summed E-state index contributed by atoms with van der Waals surface area (Å²) < 4.78 is 5.78. The molecule has 2 aromatic carbocycles. The van der Waals surface area contributed by atoms with Gasteiger partial charge in [0.1, 0.15) is 0 Å². The molecule has 134 valence electrons. The molecule has 1 amide bonds. The number of carbonyl (C=O) groups excluding carboxylic acids is 1. The maximum Gasteiger partial charge on any atom is 0.251 e. The van der Waals surface area contributed by atoms with Gasteiger partial charge in [0, 0.05) is 31.7 Å². The van der Waals surface area contributed by atoms with E-state index < -0.39 is 0 Å². The van der Waals surface area contributed by atoms with Crippen LogP contribution in [-0.2, 0) is 11.2 Å². The van der Waals surface area contributed by atoms with Crippen LogP contribution in [0, 0.1) is 11.3 Å². The van der Waals surface area contributed by atoms with Crippen molar-refractivity contribution in [3.8, 4) is 6.07 Å². The number of amides is 1. The van der Waals surface area contributed by atoms with Crippen LogP contribution < -0.4 is 5.32 Å². The lowest BCUT2D eigenvalue weighted by Crippen LogP contribution is -2.48. The number of hydrogen-bond donors (Lipinski definition) is 1. The highest BCUT2D eigenvalue weighted by Gasteiger charge is 2.21. The minimum Gasteiger partial charge on any atom is -0.374 e. The maximum absolute atomic E-state index is 12.2. The van der Waals surface area contributed by atoms with Gasteiger partial charge in [0.25, 0.3) is 5.91 Å². The Morgan fingerprint density at radius 1 is 1.19 bits per heavy atom. The van der Waals surface area contributed by atoms with Gasteiger partial charge in [-0.2, -0.15) is 5.26 Å². The third kappa shape index (κ3) is 5.16. The molecule has 0 spiro atoms. The summed E-state index contributed by atoms with van der Waals surface area (Å²) in [6, 6.07) is 19.1. The highest BCUT2D eigenvalue weighted by Crippen LogP contribution is 2.08. The van der Waals surface area contributed by atoms with Crippen molar-refractivity contribution in [3.63, 3.8) is 0 Å². The molecule has 26 heavy (non-hydrogen) atoms. The van der Waals surface area contributed by atoms with Gasteiger partial charge in [0.05, 0.1) is 24.3 Å². The molecule has 1 atom stereocenters. The van der Waals surface area contributed by atoms with E-state index in [0.29, 0.717) is 24.3 Å². The van der Waals surface area contributed by atoms with E-state index in [2.05, 4.69) is 34.5 Å². The first kappa shape index (κ1) is 18.1. The minimum atomic E-state index is -0.139. The van der Waals surface area contributed by atoms with Gasteiger partial charge in [-0.25, -0.2) is 0 Å². The van der Waals surface area contributed by atoms with Crippen LogP contribution in [0.1, 0.15) is 21.5 Å². The molecule has 0 radical (unpaired) electrons. The van der Waals surface area contributed by atoms with Crippen molar-refractivity contribution in [2.75, 3.05) is 32.8 Å². The highest BCUT2D eigenvalue weighted by molar-refractivity contribution is 5.94. The molecule has 1 saturated heterocycles. The highest BCUT2D eigenvalue weighted by atomic mass is 16.5. The average Bonchev–Trinajstić information content (AvgIpc) is 2.71. The second kappa shape index (κ2) is 9.14. The fraction of sp³-hybridized carbons (Fsp3) is 0.333. The van der Waals surface area contributed by atoms with Crippen LogP contribution in [0.2, 0.25) is 0 Å². The van der Waals surface area contributed by atoms with Gasteiger partial charge in [-0.3, -0.25) is 9.69 Å². The molecule has 1 aliphatic heterocycles. The van der Waals surface area contributed by atoms with Gasteiger partial charge in [-0.05, 0) is 36.2 Å². The Bertz CT molecular complexity index is 753. The van der Waals surface area contributed by atoms with Crippen molar-refractivity contribution in [2.45, 2.75) is 12.5 Å². The van der Waals surface area contributed by atoms with E-state index >= 15 is 0 Å². The number of rotatable bonds is 6. The Balaban J connectivity index is 1.44. The van der Waals surface area contributed by atoms with E-state index in [-0.39, 0.29) is 12.0 Å². The Kier molecular flexibility index (Phi) is 6.37. The summed E-state index contributed by atoms with van der Waals surface area (Å²) in [6.45, 7) is 3.91. The second-order valence-corrected chi connectivity index (χ2v) is 6.43. The predicted molar refractivity (Wildman–Crippen MR) is 99.8 cm³/mol. The Labute approximate surface area is 154 Å². The molecule has 2 aromatic rings. The maximum atomic E-state index is 12.2. The molecule has 1 unspecified atom stereocenters. The molecule has 1 heterocycles. The molecule has 1 fully saturated rings. The first-order valence-electron chi connectivity index (χ1n) is 8.91. The van der Waals surface area contributed by atoms with Crippen molar-refractivity contribution >= 4 is 5.91 Å². The van der Waals surface area contributed by atoms with Gasteiger partial charge in [-0.15, -0.1) is 0 Å². The molecular formula is C21H23N3O2. The quantitative estimate of drug-likeness (QED) is 0.869. The Morgan fingerprint density at radius 3 is 2.69 bits per heavy atom. The molecule has 5 heteroatoms. The largest absolute Gasteiger partial charge is 0.374 e. The SMILES string of the molecule is N#Cc1ccc(C(=O)NCC2CN(CCc3ccccc3)CCO2)cc1. The van der Waals surface area contributed by atoms with Crippen LogP contribution in [0.15, 0.2) is 54.6 Å². The van der Waals surface area contributed by atoms with Crippen LogP contribution >= 0.6 is 0 Å². The van der Waals surface area contributed by atoms with Crippen molar-refractivity contribution in [3.05, 3.63) is 71.3 Å². The fourth-order valence-electron chi connectivity index (χ4n) is 3.04. The smallest absolute Gasteiger partial charge is 0.251 e. The molecule has 3 rings (SSSR count). The molecular weight excluding hydrogens is 326 g/mol. The van der Waals surface area contributed by atoms with Gasteiger partial charge in [0.15, 0.2) is 0 Å². The summed E-state index contributed by atoms with van der Waals surface area (Å²) in [5, 5.41) is 11.7. The third-order valence-electron chi connectivity index (χ3n) is 4.55. The lowest BCUT2D eigenvalue weighted by molar-refractivity contribution is -0.0259. The number of nitrogens with one attached hydrogen (secondary N) is 1. The zero-order valence-electron chi connectivity index (χ0n) is 14.7. The summed E-state index contributed by atoms with van der Waals surface area (Å²) in [5.41, 5.74) is 2.44. The minimum absolute atomic E-state index is 0.00172. The Hall–Kier alpha value is -2.68. The first-order chi connectivity index (χ1) is 12.7. The summed E-state index contributed by atoms with van der Waals surface area (Å²) in [7, 11) is 0. The lowest BCUT2D eigenvalue weighted by Gasteiger charge is -2.33. The van der Waals surface area contributed by atoms with Crippen LogP contribution in [0.4, 0.5) is 0 Å². The van der Waals surface area contributed by atoms with E-state index in [4.69, 9.17) is 10.00 Å². The molecule has 0 saturated carbocycles. The number of benzene rings is 2. The normalized spacial score (nSPS) is 17.4. The van der Waals surface area contributed by atoms with Gasteiger partial charge in [0.2, 0.25) is 0 Å². The zero-order chi connectivity index (χ0) is 18.2. The summed E-state index contributed by atoms with van der Waals surface area (Å²) in [6.07, 6.45) is 1.02. The van der Waals surface area contributed by atoms with E-state index in [1.807, 2.05) is 12.1 Å². The van der Waals surface area contributed by atoms with Gasteiger partial charge < -0.3 is 10.1 Å². The molecule has 0 bridgehead atoms. The predicted octanol–water partition coefficient (Wildman–Crippen LogP) is 2.23. The van der Waals surface area contributed by atoms with Crippen molar-refractivity contribution in [1.29, 1.82) is 5.26 Å². The number of morpholine rings is 1. The Morgan fingerprint density at radius 2 is 1.96 bits per heavy atom. The van der Waals surface area contributed by atoms with E-state index in [1.54, 1.807) is 24.3 Å². The first-order valence-corrected chi connectivity index (χ1v) is 8.91. The monoisotopic (exact) mass is 349 g/mol. The standard InChI is InChI=1S/C21H23N3O2/c22-14-18-6-8-19(9-7-18)21(25)23-15-20-16-24(12-13-26-20)11-10-17-4-2-1-3-5-17/h1-9,20H,10-13,15-16H2,(H,23,25). The van der Waals surface area contributed by atoms with Crippen LogP contribution in [-0.4, -0.2) is 49.7 Å². The van der Waals surface area contributed by atoms with Crippen LogP contribution in [0.3, 0.4) is 0 Å². The summed E-state index contributed by atoms with van der Waals surface area (Å²) in [4.78, 5) is 14.6. The van der Waals surface area contributed by atoms with Gasteiger partial charge >= 0.3 is 0 Å². The van der Waals surface area contributed by atoms with Crippen LogP contribution in [0.5, 0.6) is 0 Å². The molecule has 0 aliphatic carbocycles. The van der Waals surface area contributed by atoms with Crippen molar-refractivity contribution < 1.29 is 9.53 Å². The van der Waals surface area contributed by atoms with Crippen molar-refractivity contribution in [2.24, 2.45) is 0 Å². The molecule has 1 aliphatic rings. The number of ether oxygens (including phenoxy) is 1. The summed E-state index contributed by atoms with van der Waals surface area (Å²) >= 11 is 0. The van der Waals surface area contributed by atoms with Crippen LogP contribution in [0.25, 0.3) is 0 Å². The van der Waals surface area contributed by atoms with Gasteiger partial charge in [-0.1, -0.05) is 30.3 Å². The summed E-state index contributed by atoms with van der Waals surface area (Å²) in [5.74, 6) is -0.139. The van der Waals surface area contributed by atoms with E-state index in [9.17, 15) is 4.79 Å². The molecule has 1 N–H and O–H groups in total. The van der Waals surface area contributed by atoms with E-state index in [1.165, 1.54) is 5.56 Å². The zero-order valence-corrected chi connectivity index (χ0v) is 14.7. The fourth-order valence-corrected chi connectivity index (χ4v) is 3.04.